The number of hydrogen-bond acceptors (Lipinski definition) is 3. The van der Waals surface area contributed by atoms with Crippen LogP contribution in [0.5, 0.6) is 5.75 Å². The molecule has 0 aliphatic carbocycles. The molecular formula is C15H16N2O. The number of nitrogens with zero attached hydrogens (tertiary/aromatic N) is 1. The largest absolute Gasteiger partial charge is 0.493 e. The van der Waals surface area contributed by atoms with Crippen LogP contribution in [0.3, 0.4) is 0 Å². The van der Waals surface area contributed by atoms with Gasteiger partial charge in [-0.2, -0.15) is 0 Å². The number of rotatable bonds is 2. The fourth-order valence-electron chi connectivity index (χ4n) is 2.33. The van der Waals surface area contributed by atoms with Gasteiger partial charge in [0.05, 0.1) is 18.3 Å². The Morgan fingerprint density at radius 3 is 3.06 bits per heavy atom. The average molecular weight is 240 g/mol. The van der Waals surface area contributed by atoms with Crippen LogP contribution in [0.15, 0.2) is 42.7 Å². The monoisotopic (exact) mass is 240 g/mol. The molecule has 1 aliphatic heterocycles. The Labute approximate surface area is 107 Å². The van der Waals surface area contributed by atoms with E-state index in [0.717, 1.165) is 24.5 Å². The Bertz CT molecular complexity index is 554. The average Bonchev–Trinajstić information content (AvgIpc) is 2.39. The predicted molar refractivity (Wildman–Crippen MR) is 71.9 cm³/mol. The van der Waals surface area contributed by atoms with E-state index in [4.69, 9.17) is 4.74 Å². The van der Waals surface area contributed by atoms with Crippen molar-refractivity contribution in [1.29, 1.82) is 0 Å². The summed E-state index contributed by atoms with van der Waals surface area (Å²) in [6, 6.07) is 10.6. The second-order valence-corrected chi connectivity index (χ2v) is 4.62. The van der Waals surface area contributed by atoms with Crippen molar-refractivity contribution in [3.63, 3.8) is 0 Å². The molecule has 2 heterocycles. The standard InChI is InChI=1S/C15H16N2O/c1-11-8-12(10-16-9-11)17-14-6-7-18-15-5-3-2-4-13(14)15/h2-5,8-10,14,17H,6-7H2,1H3. The molecule has 3 rings (SSSR count). The van der Waals surface area contributed by atoms with E-state index in [1.165, 1.54) is 11.1 Å². The predicted octanol–water partition coefficient (Wildman–Crippen LogP) is 3.33. The summed E-state index contributed by atoms with van der Waals surface area (Å²) in [5, 5.41) is 3.54. The summed E-state index contributed by atoms with van der Waals surface area (Å²) < 4.78 is 5.66. The highest BCUT2D eigenvalue weighted by Gasteiger charge is 2.20. The number of hydrogen-bond donors (Lipinski definition) is 1. The first-order chi connectivity index (χ1) is 8.83. The van der Waals surface area contributed by atoms with E-state index in [2.05, 4.69) is 35.4 Å². The van der Waals surface area contributed by atoms with Gasteiger partial charge in [-0.3, -0.25) is 4.98 Å². The van der Waals surface area contributed by atoms with Gasteiger partial charge < -0.3 is 10.1 Å². The third-order valence-corrected chi connectivity index (χ3v) is 3.17. The SMILES string of the molecule is Cc1cncc(NC2CCOc3ccccc32)c1. The van der Waals surface area contributed by atoms with Crippen LogP contribution in [0.25, 0.3) is 0 Å². The minimum atomic E-state index is 0.304. The summed E-state index contributed by atoms with van der Waals surface area (Å²) in [5.41, 5.74) is 3.46. The molecule has 3 heteroatoms. The van der Waals surface area contributed by atoms with E-state index in [9.17, 15) is 0 Å². The third kappa shape index (κ3) is 2.16. The lowest BCUT2D eigenvalue weighted by Gasteiger charge is -2.27. The number of aromatic nitrogens is 1. The van der Waals surface area contributed by atoms with E-state index in [1.807, 2.05) is 24.5 Å². The van der Waals surface area contributed by atoms with Gasteiger partial charge in [-0.05, 0) is 24.6 Å². The van der Waals surface area contributed by atoms with Gasteiger partial charge in [0, 0.05) is 24.4 Å². The van der Waals surface area contributed by atoms with E-state index >= 15 is 0 Å². The maximum atomic E-state index is 5.66. The second-order valence-electron chi connectivity index (χ2n) is 4.62. The number of nitrogens with one attached hydrogen (secondary N) is 1. The molecule has 1 aliphatic rings. The lowest BCUT2D eigenvalue weighted by Crippen LogP contribution is -2.20. The number of ether oxygens (including phenoxy) is 1. The zero-order valence-electron chi connectivity index (χ0n) is 10.4. The highest BCUT2D eigenvalue weighted by atomic mass is 16.5. The fourth-order valence-corrected chi connectivity index (χ4v) is 2.33. The van der Waals surface area contributed by atoms with Crippen molar-refractivity contribution in [2.45, 2.75) is 19.4 Å². The molecule has 0 radical (unpaired) electrons. The number of benzene rings is 1. The van der Waals surface area contributed by atoms with Gasteiger partial charge in [0.15, 0.2) is 0 Å². The molecule has 92 valence electrons. The number of aryl methyl sites for hydroxylation is 1. The number of fused-ring (bicyclic) bond motifs is 1. The lowest BCUT2D eigenvalue weighted by atomic mass is 10.0. The Kier molecular flexibility index (Phi) is 2.89. The molecule has 0 amide bonds. The summed E-state index contributed by atoms with van der Waals surface area (Å²) in [6.07, 6.45) is 4.71. The molecule has 0 fully saturated rings. The highest BCUT2D eigenvalue weighted by molar-refractivity contribution is 5.48. The van der Waals surface area contributed by atoms with Crippen LogP contribution in [-0.4, -0.2) is 11.6 Å². The maximum Gasteiger partial charge on any atom is 0.124 e. The Morgan fingerprint density at radius 2 is 2.17 bits per heavy atom. The smallest absolute Gasteiger partial charge is 0.124 e. The van der Waals surface area contributed by atoms with Crippen LogP contribution >= 0.6 is 0 Å². The van der Waals surface area contributed by atoms with E-state index in [-0.39, 0.29) is 0 Å². The van der Waals surface area contributed by atoms with Crippen molar-refractivity contribution < 1.29 is 4.74 Å². The number of pyridine rings is 1. The summed E-state index contributed by atoms with van der Waals surface area (Å²) in [7, 11) is 0. The topological polar surface area (TPSA) is 34.2 Å². The summed E-state index contributed by atoms with van der Waals surface area (Å²) in [4.78, 5) is 4.21. The van der Waals surface area contributed by atoms with Crippen LogP contribution in [0.2, 0.25) is 0 Å². The Balaban J connectivity index is 1.86. The van der Waals surface area contributed by atoms with Crippen LogP contribution in [0.4, 0.5) is 5.69 Å². The number of anilines is 1. The minimum absolute atomic E-state index is 0.304. The Hall–Kier alpha value is -2.03. The fraction of sp³-hybridized carbons (Fsp3) is 0.267. The van der Waals surface area contributed by atoms with Gasteiger partial charge in [0.1, 0.15) is 5.75 Å². The third-order valence-electron chi connectivity index (χ3n) is 3.17. The first kappa shape index (κ1) is 11.1. The first-order valence-electron chi connectivity index (χ1n) is 6.23. The highest BCUT2D eigenvalue weighted by Crippen LogP contribution is 2.33. The van der Waals surface area contributed by atoms with Gasteiger partial charge in [-0.15, -0.1) is 0 Å². The second kappa shape index (κ2) is 4.69. The molecule has 2 aromatic rings. The minimum Gasteiger partial charge on any atom is -0.493 e. The molecule has 0 saturated heterocycles. The van der Waals surface area contributed by atoms with E-state index in [0.29, 0.717) is 6.04 Å². The van der Waals surface area contributed by atoms with Crippen LogP contribution in [0.1, 0.15) is 23.6 Å². The molecule has 0 spiro atoms. The molecule has 1 atom stereocenters. The molecule has 3 nitrogen and oxygen atoms in total. The molecule has 0 bridgehead atoms. The van der Waals surface area contributed by atoms with E-state index < -0.39 is 0 Å². The molecule has 1 unspecified atom stereocenters. The van der Waals surface area contributed by atoms with Crippen molar-refractivity contribution in [1.82, 2.24) is 4.98 Å². The van der Waals surface area contributed by atoms with Gasteiger partial charge in [-0.1, -0.05) is 18.2 Å². The summed E-state index contributed by atoms with van der Waals surface area (Å²) >= 11 is 0. The van der Waals surface area contributed by atoms with Gasteiger partial charge in [0.2, 0.25) is 0 Å². The molecule has 1 aromatic carbocycles. The van der Waals surface area contributed by atoms with Crippen molar-refractivity contribution in [2.75, 3.05) is 11.9 Å². The normalized spacial score (nSPS) is 17.7. The zero-order chi connectivity index (χ0) is 12.4. The summed E-state index contributed by atoms with van der Waals surface area (Å²) in [5.74, 6) is 0.988. The van der Waals surface area contributed by atoms with Crippen LogP contribution in [-0.2, 0) is 0 Å². The van der Waals surface area contributed by atoms with Gasteiger partial charge in [-0.25, -0.2) is 0 Å². The van der Waals surface area contributed by atoms with E-state index in [1.54, 1.807) is 0 Å². The quantitative estimate of drug-likeness (QED) is 0.874. The lowest BCUT2D eigenvalue weighted by molar-refractivity contribution is 0.274. The van der Waals surface area contributed by atoms with Gasteiger partial charge >= 0.3 is 0 Å². The summed E-state index contributed by atoms with van der Waals surface area (Å²) in [6.45, 7) is 2.81. The van der Waals surface area contributed by atoms with Crippen molar-refractivity contribution in [2.24, 2.45) is 0 Å². The number of para-hydroxylation sites is 1. The zero-order valence-corrected chi connectivity index (χ0v) is 10.4. The van der Waals surface area contributed by atoms with Crippen LogP contribution < -0.4 is 10.1 Å². The first-order valence-corrected chi connectivity index (χ1v) is 6.23. The van der Waals surface area contributed by atoms with Crippen molar-refractivity contribution in [3.8, 4) is 5.75 Å². The molecule has 18 heavy (non-hydrogen) atoms. The Morgan fingerprint density at radius 1 is 1.28 bits per heavy atom. The maximum absolute atomic E-state index is 5.66. The molecule has 1 N–H and O–H groups in total. The van der Waals surface area contributed by atoms with Crippen molar-refractivity contribution in [3.05, 3.63) is 53.9 Å². The molecule has 1 aromatic heterocycles. The van der Waals surface area contributed by atoms with Crippen molar-refractivity contribution >= 4 is 5.69 Å². The van der Waals surface area contributed by atoms with Crippen LogP contribution in [0, 0.1) is 6.92 Å². The van der Waals surface area contributed by atoms with Gasteiger partial charge in [0.25, 0.3) is 0 Å². The molecule has 0 saturated carbocycles. The molecular weight excluding hydrogens is 224 g/mol.